The van der Waals surface area contributed by atoms with Gasteiger partial charge in [0.15, 0.2) is 11.6 Å². The standard InChI is InChI=1S/2C11H9FN6O2S/c2*1-21(19,20)11-15-9(13)18-10(16-11)14-8(17-18)6-3-2-4-7(12)5-6/h2*2-5H,1H3,(H2,13,14,15,16,17). The molecule has 42 heavy (non-hydrogen) atoms. The number of nitrogens with two attached hydrogens (primary N) is 2. The van der Waals surface area contributed by atoms with Crippen molar-refractivity contribution in [2.75, 3.05) is 24.0 Å². The molecule has 0 aliphatic heterocycles. The molecule has 0 saturated heterocycles. The average Bonchev–Trinajstić information content (AvgIpc) is 3.54. The minimum absolute atomic E-state index is 0.0258. The summed E-state index contributed by atoms with van der Waals surface area (Å²) in [5, 5.41) is 7.20. The zero-order valence-electron chi connectivity index (χ0n) is 21.5. The van der Waals surface area contributed by atoms with E-state index in [1.54, 1.807) is 12.1 Å². The van der Waals surface area contributed by atoms with Crippen LogP contribution in [-0.4, -0.2) is 78.5 Å². The third-order valence-electron chi connectivity index (χ3n) is 5.25. The molecule has 4 aromatic heterocycles. The van der Waals surface area contributed by atoms with Gasteiger partial charge in [-0.2, -0.15) is 38.9 Å². The van der Waals surface area contributed by atoms with E-state index in [0.717, 1.165) is 21.5 Å². The largest absolute Gasteiger partial charge is 0.368 e. The quantitative estimate of drug-likeness (QED) is 0.276. The third-order valence-corrected chi connectivity index (χ3v) is 6.95. The van der Waals surface area contributed by atoms with E-state index in [4.69, 9.17) is 11.5 Å². The average molecular weight is 617 g/mol. The SMILES string of the molecule is CS(=O)(=O)c1nc(N)n2nc(-c3cccc(F)c3)nc2n1.CS(=O)(=O)c1nc(N)n2nc(-c3cccc(F)c3)nc2n1. The molecule has 20 heteroatoms. The number of rotatable bonds is 4. The summed E-state index contributed by atoms with van der Waals surface area (Å²) in [6.07, 6.45) is 1.92. The Bertz CT molecular complexity index is 2060. The zero-order valence-corrected chi connectivity index (χ0v) is 23.1. The smallest absolute Gasteiger partial charge is 0.258 e. The summed E-state index contributed by atoms with van der Waals surface area (Å²) >= 11 is 0. The summed E-state index contributed by atoms with van der Waals surface area (Å²) in [6, 6.07) is 11.3. The van der Waals surface area contributed by atoms with E-state index in [1.165, 1.54) is 36.4 Å². The summed E-state index contributed by atoms with van der Waals surface area (Å²) in [4.78, 5) is 23.0. The van der Waals surface area contributed by atoms with Gasteiger partial charge in [-0.05, 0) is 24.3 Å². The summed E-state index contributed by atoms with van der Waals surface area (Å²) < 4.78 is 74.5. The molecule has 0 aliphatic rings. The molecule has 6 aromatic rings. The van der Waals surface area contributed by atoms with E-state index in [0.29, 0.717) is 11.1 Å². The molecular weight excluding hydrogens is 598 g/mol. The van der Waals surface area contributed by atoms with Crippen LogP contribution in [0, 0.1) is 11.6 Å². The lowest BCUT2D eigenvalue weighted by molar-refractivity contribution is 0.590. The van der Waals surface area contributed by atoms with Gasteiger partial charge in [-0.25, -0.2) is 25.6 Å². The number of hydrogen-bond donors (Lipinski definition) is 2. The number of nitrogen functional groups attached to an aromatic ring is 2. The first-order valence-electron chi connectivity index (χ1n) is 11.4. The second kappa shape index (κ2) is 10.3. The second-order valence-electron chi connectivity index (χ2n) is 8.59. The van der Waals surface area contributed by atoms with Gasteiger partial charge in [0.25, 0.3) is 21.9 Å². The maximum Gasteiger partial charge on any atom is 0.258 e. The predicted molar refractivity (Wildman–Crippen MR) is 143 cm³/mol. The third kappa shape index (κ3) is 5.78. The second-order valence-corrected chi connectivity index (χ2v) is 12.4. The maximum atomic E-state index is 13.2. The van der Waals surface area contributed by atoms with Crippen molar-refractivity contribution in [2.45, 2.75) is 10.3 Å². The van der Waals surface area contributed by atoms with Crippen molar-refractivity contribution in [3.8, 4) is 22.8 Å². The Kier molecular flexibility index (Phi) is 6.94. The molecule has 216 valence electrons. The van der Waals surface area contributed by atoms with Gasteiger partial charge in [-0.3, -0.25) is 0 Å². The summed E-state index contributed by atoms with van der Waals surface area (Å²) in [7, 11) is -7.24. The van der Waals surface area contributed by atoms with Crippen LogP contribution in [0.5, 0.6) is 0 Å². The topological polar surface area (TPSA) is 232 Å². The van der Waals surface area contributed by atoms with E-state index in [1.807, 2.05) is 0 Å². The highest BCUT2D eigenvalue weighted by atomic mass is 32.2. The van der Waals surface area contributed by atoms with E-state index in [-0.39, 0.29) is 35.1 Å². The van der Waals surface area contributed by atoms with Gasteiger partial charge in [0.2, 0.25) is 31.6 Å². The molecule has 6 rings (SSSR count). The molecule has 4 N–H and O–H groups in total. The molecule has 2 aromatic carbocycles. The van der Waals surface area contributed by atoms with Crippen LogP contribution in [0.3, 0.4) is 0 Å². The van der Waals surface area contributed by atoms with E-state index in [2.05, 4.69) is 40.1 Å². The Labute approximate surface area is 235 Å². The summed E-state index contributed by atoms with van der Waals surface area (Å²) in [5.74, 6) is -0.942. The van der Waals surface area contributed by atoms with Gasteiger partial charge < -0.3 is 11.5 Å². The lowest BCUT2D eigenvalue weighted by atomic mass is 10.2. The van der Waals surface area contributed by atoms with Crippen molar-refractivity contribution >= 4 is 43.1 Å². The first kappa shape index (κ1) is 28.3. The minimum atomic E-state index is -3.62. The van der Waals surface area contributed by atoms with Crippen molar-refractivity contribution in [1.82, 2.24) is 49.1 Å². The molecule has 4 heterocycles. The molecule has 0 bridgehead atoms. The number of sulfone groups is 2. The Balaban J connectivity index is 0.000000168. The fourth-order valence-corrected chi connectivity index (χ4v) is 4.42. The van der Waals surface area contributed by atoms with E-state index >= 15 is 0 Å². The van der Waals surface area contributed by atoms with Gasteiger partial charge in [-0.1, -0.05) is 24.3 Å². The van der Waals surface area contributed by atoms with Crippen molar-refractivity contribution in [3.05, 3.63) is 60.2 Å². The Hall–Kier alpha value is -5.24. The van der Waals surface area contributed by atoms with Crippen molar-refractivity contribution in [3.63, 3.8) is 0 Å². The Morgan fingerprint density at radius 3 is 1.33 bits per heavy atom. The molecular formula is C22H18F2N12O4S2. The van der Waals surface area contributed by atoms with Crippen LogP contribution < -0.4 is 11.5 Å². The highest BCUT2D eigenvalue weighted by Crippen LogP contribution is 2.19. The molecule has 0 saturated carbocycles. The minimum Gasteiger partial charge on any atom is -0.368 e. The van der Waals surface area contributed by atoms with Gasteiger partial charge in [-0.15, -0.1) is 10.2 Å². The van der Waals surface area contributed by atoms with Gasteiger partial charge >= 0.3 is 0 Å². The monoisotopic (exact) mass is 616 g/mol. The number of halogens is 2. The van der Waals surface area contributed by atoms with Crippen molar-refractivity contribution < 1.29 is 25.6 Å². The lowest BCUT2D eigenvalue weighted by Crippen LogP contribution is -2.11. The van der Waals surface area contributed by atoms with Crippen LogP contribution in [0.25, 0.3) is 34.3 Å². The fraction of sp³-hybridized carbons (Fsp3) is 0.0909. The van der Waals surface area contributed by atoms with Crippen LogP contribution in [0.1, 0.15) is 0 Å². The number of anilines is 2. The molecule has 0 fully saturated rings. The van der Waals surface area contributed by atoms with E-state index < -0.39 is 41.6 Å². The Morgan fingerprint density at radius 2 is 1.00 bits per heavy atom. The normalized spacial score (nSPS) is 11.9. The molecule has 0 radical (unpaired) electrons. The number of fused-ring (bicyclic) bond motifs is 2. The van der Waals surface area contributed by atoms with Crippen LogP contribution in [0.2, 0.25) is 0 Å². The number of nitrogens with zero attached hydrogens (tertiary/aromatic N) is 10. The first-order chi connectivity index (χ1) is 19.7. The van der Waals surface area contributed by atoms with Gasteiger partial charge in [0.1, 0.15) is 11.6 Å². The van der Waals surface area contributed by atoms with Gasteiger partial charge in [0.05, 0.1) is 0 Å². The molecule has 0 amide bonds. The van der Waals surface area contributed by atoms with Crippen LogP contribution in [-0.2, 0) is 19.7 Å². The highest BCUT2D eigenvalue weighted by Gasteiger charge is 2.19. The van der Waals surface area contributed by atoms with E-state index in [9.17, 15) is 25.6 Å². The molecule has 0 spiro atoms. The van der Waals surface area contributed by atoms with Crippen LogP contribution in [0.4, 0.5) is 20.7 Å². The number of aromatic nitrogens is 10. The molecule has 0 atom stereocenters. The first-order valence-corrected chi connectivity index (χ1v) is 15.2. The predicted octanol–water partition coefficient (Wildman–Crippen LogP) is 0.622. The molecule has 0 unspecified atom stereocenters. The van der Waals surface area contributed by atoms with Gasteiger partial charge in [0, 0.05) is 23.6 Å². The summed E-state index contributed by atoms with van der Waals surface area (Å²) in [6.45, 7) is 0. The lowest BCUT2D eigenvalue weighted by Gasteiger charge is -1.99. The molecule has 16 nitrogen and oxygen atoms in total. The van der Waals surface area contributed by atoms with Crippen molar-refractivity contribution in [2.24, 2.45) is 0 Å². The maximum absolute atomic E-state index is 13.2. The zero-order chi connectivity index (χ0) is 30.4. The van der Waals surface area contributed by atoms with Crippen molar-refractivity contribution in [1.29, 1.82) is 0 Å². The van der Waals surface area contributed by atoms with Crippen LogP contribution >= 0.6 is 0 Å². The summed E-state index contributed by atoms with van der Waals surface area (Å²) in [5.41, 5.74) is 12.1. The van der Waals surface area contributed by atoms with Crippen LogP contribution in [0.15, 0.2) is 58.8 Å². The highest BCUT2D eigenvalue weighted by molar-refractivity contribution is 7.90. The fourth-order valence-electron chi connectivity index (χ4n) is 3.40. The molecule has 0 aliphatic carbocycles. The number of benzene rings is 2. The number of hydrogen-bond acceptors (Lipinski definition) is 14. The Morgan fingerprint density at radius 1 is 0.619 bits per heavy atom.